The van der Waals surface area contributed by atoms with Gasteiger partial charge in [-0.1, -0.05) is 12.1 Å². The number of rotatable bonds is 4. The maximum absolute atomic E-state index is 12.7. The van der Waals surface area contributed by atoms with Crippen molar-refractivity contribution in [2.24, 2.45) is 0 Å². The summed E-state index contributed by atoms with van der Waals surface area (Å²) in [6.45, 7) is 2.36. The Kier molecular flexibility index (Phi) is 4.35. The van der Waals surface area contributed by atoms with Gasteiger partial charge >= 0.3 is 0 Å². The van der Waals surface area contributed by atoms with Gasteiger partial charge in [0.1, 0.15) is 0 Å². The van der Waals surface area contributed by atoms with Crippen molar-refractivity contribution in [3.8, 4) is 11.5 Å². The molecule has 0 fully saturated rings. The third kappa shape index (κ3) is 3.22. The van der Waals surface area contributed by atoms with Crippen molar-refractivity contribution >= 4 is 26.0 Å². The van der Waals surface area contributed by atoms with Gasteiger partial charge in [0, 0.05) is 18.1 Å². The molecule has 0 aliphatic carbocycles. The van der Waals surface area contributed by atoms with Crippen LogP contribution in [0, 0.1) is 6.92 Å². The molecule has 0 N–H and O–H groups in total. The number of benzene rings is 2. The molecule has 0 saturated carbocycles. The number of aryl methyl sites for hydroxylation is 1. The molecule has 2 aromatic rings. The number of nitrogens with zero attached hydrogens (tertiary/aromatic N) is 1. The maximum Gasteiger partial charge on any atom is 0.244 e. The van der Waals surface area contributed by atoms with E-state index in [1.54, 1.807) is 37.4 Å². The fourth-order valence-electron chi connectivity index (χ4n) is 2.36. The smallest absolute Gasteiger partial charge is 0.244 e. The van der Waals surface area contributed by atoms with E-state index in [4.69, 9.17) is 9.47 Å². The Morgan fingerprint density at radius 2 is 1.87 bits per heavy atom. The minimum atomic E-state index is -3.58. The Balaban J connectivity index is 1.85. The van der Waals surface area contributed by atoms with Crippen LogP contribution in [0.1, 0.15) is 11.1 Å². The highest BCUT2D eigenvalue weighted by atomic mass is 79.9. The summed E-state index contributed by atoms with van der Waals surface area (Å²) in [6.07, 6.45) is 0. The zero-order valence-corrected chi connectivity index (χ0v) is 15.1. The van der Waals surface area contributed by atoms with Crippen molar-refractivity contribution in [3.05, 3.63) is 52.0 Å². The van der Waals surface area contributed by atoms with Gasteiger partial charge < -0.3 is 9.47 Å². The summed E-state index contributed by atoms with van der Waals surface area (Å²) in [7, 11) is -2.02. The first-order chi connectivity index (χ1) is 10.9. The number of sulfonamides is 1. The second-order valence-electron chi connectivity index (χ2n) is 5.38. The van der Waals surface area contributed by atoms with Gasteiger partial charge in [0.25, 0.3) is 0 Å². The molecular weight excluding hydrogens is 382 g/mol. The zero-order chi connectivity index (χ0) is 16.6. The third-order valence-corrected chi connectivity index (χ3v) is 6.40. The van der Waals surface area contributed by atoms with Crippen LogP contribution in [0.4, 0.5) is 0 Å². The molecule has 0 bridgehead atoms. The molecule has 5 nitrogen and oxygen atoms in total. The quantitative estimate of drug-likeness (QED) is 0.793. The molecule has 0 atom stereocenters. The van der Waals surface area contributed by atoms with Crippen LogP contribution in [0.15, 0.2) is 45.8 Å². The van der Waals surface area contributed by atoms with Crippen molar-refractivity contribution in [2.45, 2.75) is 18.4 Å². The summed E-state index contributed by atoms with van der Waals surface area (Å²) in [4.78, 5) is 0.256. The highest BCUT2D eigenvalue weighted by molar-refractivity contribution is 9.10. The predicted octanol–water partition coefficient (Wildman–Crippen LogP) is 3.31. The van der Waals surface area contributed by atoms with E-state index in [9.17, 15) is 8.42 Å². The van der Waals surface area contributed by atoms with Gasteiger partial charge in [-0.25, -0.2) is 8.42 Å². The number of hydrogen-bond acceptors (Lipinski definition) is 4. The summed E-state index contributed by atoms with van der Waals surface area (Å²) >= 11 is 3.33. The minimum Gasteiger partial charge on any atom is -0.454 e. The topological polar surface area (TPSA) is 55.8 Å². The molecular formula is C16H16BrNO4S. The fourth-order valence-corrected chi connectivity index (χ4v) is 4.67. The second kappa shape index (κ2) is 6.14. The van der Waals surface area contributed by atoms with E-state index in [0.717, 1.165) is 11.1 Å². The van der Waals surface area contributed by atoms with Crippen LogP contribution in [0.3, 0.4) is 0 Å². The van der Waals surface area contributed by atoms with E-state index in [-0.39, 0.29) is 18.2 Å². The van der Waals surface area contributed by atoms with Crippen molar-refractivity contribution in [1.29, 1.82) is 0 Å². The average Bonchev–Trinajstić information content (AvgIpc) is 2.94. The molecule has 0 unspecified atom stereocenters. The Morgan fingerprint density at radius 3 is 2.61 bits per heavy atom. The molecule has 1 heterocycles. The molecule has 2 aromatic carbocycles. The number of fused-ring (bicyclic) bond motifs is 1. The molecule has 7 heteroatoms. The van der Waals surface area contributed by atoms with Gasteiger partial charge in [-0.3, -0.25) is 0 Å². The minimum absolute atomic E-state index is 0.198. The predicted molar refractivity (Wildman–Crippen MR) is 90.1 cm³/mol. The van der Waals surface area contributed by atoms with Crippen LogP contribution >= 0.6 is 15.9 Å². The Bertz CT molecular complexity index is 851. The zero-order valence-electron chi connectivity index (χ0n) is 12.7. The van der Waals surface area contributed by atoms with Crippen molar-refractivity contribution in [1.82, 2.24) is 4.31 Å². The van der Waals surface area contributed by atoms with Crippen LogP contribution in [0.25, 0.3) is 0 Å². The average molecular weight is 398 g/mol. The molecule has 0 radical (unpaired) electrons. The Labute approximate surface area is 144 Å². The molecule has 1 aliphatic heterocycles. The van der Waals surface area contributed by atoms with Crippen LogP contribution in [-0.4, -0.2) is 26.6 Å². The molecule has 122 valence electrons. The van der Waals surface area contributed by atoms with E-state index >= 15 is 0 Å². The molecule has 0 saturated heterocycles. The number of ether oxygens (including phenoxy) is 2. The van der Waals surface area contributed by atoms with Crippen LogP contribution < -0.4 is 9.47 Å². The van der Waals surface area contributed by atoms with Crippen LogP contribution in [-0.2, 0) is 16.6 Å². The lowest BCUT2D eigenvalue weighted by Gasteiger charge is -2.18. The molecule has 0 amide bonds. The largest absolute Gasteiger partial charge is 0.454 e. The summed E-state index contributed by atoms with van der Waals surface area (Å²) in [5.74, 6) is 1.32. The van der Waals surface area contributed by atoms with E-state index < -0.39 is 10.0 Å². The second-order valence-corrected chi connectivity index (χ2v) is 8.25. The fraction of sp³-hybridized carbons (Fsp3) is 0.250. The third-order valence-electron chi connectivity index (χ3n) is 3.62. The van der Waals surface area contributed by atoms with Crippen molar-refractivity contribution < 1.29 is 17.9 Å². The molecule has 0 spiro atoms. The summed E-state index contributed by atoms with van der Waals surface area (Å²) in [5.41, 5.74) is 1.83. The Hall–Kier alpha value is -1.57. The molecule has 3 rings (SSSR count). The van der Waals surface area contributed by atoms with Crippen LogP contribution in [0.5, 0.6) is 11.5 Å². The lowest BCUT2D eigenvalue weighted by Crippen LogP contribution is -2.26. The normalized spacial score (nSPS) is 13.6. The van der Waals surface area contributed by atoms with Gasteiger partial charge in [0.15, 0.2) is 11.5 Å². The number of halogens is 1. The van der Waals surface area contributed by atoms with Gasteiger partial charge in [-0.2, -0.15) is 4.31 Å². The SMILES string of the molecule is Cc1ccc(S(=O)(=O)N(C)Cc2ccc3c(c2)OCO3)c(Br)c1. The first-order valence-electron chi connectivity index (χ1n) is 6.99. The van der Waals surface area contributed by atoms with E-state index in [1.165, 1.54) is 4.31 Å². The summed E-state index contributed by atoms with van der Waals surface area (Å²) in [6, 6.07) is 10.6. The monoisotopic (exact) mass is 397 g/mol. The summed E-state index contributed by atoms with van der Waals surface area (Å²) in [5, 5.41) is 0. The Morgan fingerprint density at radius 1 is 1.13 bits per heavy atom. The van der Waals surface area contributed by atoms with Gasteiger partial charge in [0.05, 0.1) is 4.90 Å². The van der Waals surface area contributed by atoms with E-state index in [0.29, 0.717) is 16.0 Å². The number of hydrogen-bond donors (Lipinski definition) is 0. The lowest BCUT2D eigenvalue weighted by molar-refractivity contribution is 0.174. The van der Waals surface area contributed by atoms with E-state index in [1.807, 2.05) is 13.0 Å². The van der Waals surface area contributed by atoms with Gasteiger partial charge in [-0.05, 0) is 58.2 Å². The van der Waals surface area contributed by atoms with Gasteiger partial charge in [0.2, 0.25) is 16.8 Å². The highest BCUT2D eigenvalue weighted by Gasteiger charge is 2.24. The molecule has 0 aromatic heterocycles. The van der Waals surface area contributed by atoms with Gasteiger partial charge in [-0.15, -0.1) is 0 Å². The van der Waals surface area contributed by atoms with Crippen LogP contribution in [0.2, 0.25) is 0 Å². The standard InChI is InChI=1S/C16H16BrNO4S/c1-11-3-6-16(13(17)7-11)23(19,20)18(2)9-12-4-5-14-15(8-12)22-10-21-14/h3-8H,9-10H2,1-2H3. The summed E-state index contributed by atoms with van der Waals surface area (Å²) < 4.78 is 38.0. The van der Waals surface area contributed by atoms with Crippen molar-refractivity contribution in [2.75, 3.05) is 13.8 Å². The lowest BCUT2D eigenvalue weighted by atomic mass is 10.2. The first kappa shape index (κ1) is 16.3. The van der Waals surface area contributed by atoms with E-state index in [2.05, 4.69) is 15.9 Å². The highest BCUT2D eigenvalue weighted by Crippen LogP contribution is 2.33. The first-order valence-corrected chi connectivity index (χ1v) is 9.22. The maximum atomic E-state index is 12.7. The molecule has 23 heavy (non-hydrogen) atoms. The van der Waals surface area contributed by atoms with Crippen molar-refractivity contribution in [3.63, 3.8) is 0 Å². The molecule has 1 aliphatic rings.